The van der Waals surface area contributed by atoms with Crippen molar-refractivity contribution in [3.8, 4) is 0 Å². The molecule has 0 aliphatic heterocycles. The molecule has 0 bridgehead atoms. The van der Waals surface area contributed by atoms with Crippen LogP contribution in [0, 0.1) is 0 Å². The molecule has 0 aromatic heterocycles. The van der Waals surface area contributed by atoms with E-state index in [0.29, 0.717) is 27.8 Å². The molecule has 0 aliphatic rings. The highest BCUT2D eigenvalue weighted by Gasteiger charge is 2.10. The molecule has 26 heavy (non-hydrogen) atoms. The van der Waals surface area contributed by atoms with Gasteiger partial charge in [0.2, 0.25) is 0 Å². The van der Waals surface area contributed by atoms with E-state index in [-0.39, 0.29) is 5.56 Å². The summed E-state index contributed by atoms with van der Waals surface area (Å²) in [5.74, 6) is -0.765. The quantitative estimate of drug-likeness (QED) is 0.356. The first-order chi connectivity index (χ1) is 12.6. The average Bonchev–Trinajstić information content (AvgIpc) is 2.67. The predicted molar refractivity (Wildman–Crippen MR) is 102 cm³/mol. The molecule has 0 atom stereocenters. The summed E-state index contributed by atoms with van der Waals surface area (Å²) in [6.45, 7) is 0. The second-order valence-corrected chi connectivity index (χ2v) is 5.74. The second kappa shape index (κ2) is 8.18. The van der Waals surface area contributed by atoms with Gasteiger partial charge in [-0.25, -0.2) is 9.79 Å². The van der Waals surface area contributed by atoms with Gasteiger partial charge >= 0.3 is 5.97 Å². The number of carbonyl (C=O) groups is 1. The van der Waals surface area contributed by atoms with Gasteiger partial charge in [0.25, 0.3) is 0 Å². The molecular weight excluding hydrogens is 350 g/mol. The van der Waals surface area contributed by atoms with Gasteiger partial charge in [0, 0.05) is 10.6 Å². The largest absolute Gasteiger partial charge is 0.478 e. The number of hydrogen-bond donors (Lipinski definition) is 1. The van der Waals surface area contributed by atoms with E-state index in [1.165, 1.54) is 6.07 Å². The smallest absolute Gasteiger partial charge is 0.337 e. The average molecular weight is 364 g/mol. The number of aliphatic imine (C=N–C) groups is 1. The lowest BCUT2D eigenvalue weighted by molar-refractivity contribution is 0.0698. The van der Waals surface area contributed by atoms with E-state index >= 15 is 0 Å². The Hall–Kier alpha value is -3.31. The van der Waals surface area contributed by atoms with Crippen LogP contribution < -0.4 is 0 Å². The van der Waals surface area contributed by atoms with Crippen LogP contribution >= 0.6 is 11.6 Å². The van der Waals surface area contributed by atoms with Crippen molar-refractivity contribution in [2.45, 2.75) is 0 Å². The van der Waals surface area contributed by atoms with Gasteiger partial charge in [-0.15, -0.1) is 10.2 Å². The third-order valence-corrected chi connectivity index (χ3v) is 3.73. The lowest BCUT2D eigenvalue weighted by Gasteiger charge is -2.04. The highest BCUT2D eigenvalue weighted by atomic mass is 35.5. The fraction of sp³-hybridized carbons (Fsp3) is 0. The van der Waals surface area contributed by atoms with E-state index in [0.717, 1.165) is 0 Å². The number of carboxylic acid groups (broad SMARTS) is 1. The Bertz CT molecular complexity index is 968. The minimum absolute atomic E-state index is 0.0916. The van der Waals surface area contributed by atoms with E-state index < -0.39 is 5.97 Å². The molecule has 6 heteroatoms. The van der Waals surface area contributed by atoms with Crippen LogP contribution in [0.2, 0.25) is 5.02 Å². The molecule has 1 N–H and O–H groups in total. The predicted octanol–water partition coefficient (Wildman–Crippen LogP) is 5.90. The van der Waals surface area contributed by atoms with Crippen LogP contribution in [0.3, 0.4) is 0 Å². The van der Waals surface area contributed by atoms with Crippen molar-refractivity contribution in [2.75, 3.05) is 0 Å². The molecule has 0 spiro atoms. The van der Waals surface area contributed by atoms with Crippen molar-refractivity contribution in [3.05, 3.63) is 95.0 Å². The number of nitrogens with zero attached hydrogens (tertiary/aromatic N) is 3. The summed E-state index contributed by atoms with van der Waals surface area (Å²) < 4.78 is 0. The number of benzene rings is 3. The van der Waals surface area contributed by atoms with Gasteiger partial charge in [-0.2, -0.15) is 0 Å². The summed E-state index contributed by atoms with van der Waals surface area (Å²) in [5, 5.41) is 18.4. The molecule has 0 fully saturated rings. The van der Waals surface area contributed by atoms with E-state index in [9.17, 15) is 9.90 Å². The van der Waals surface area contributed by atoms with Gasteiger partial charge in [-0.05, 0) is 48.5 Å². The Labute approximate surface area is 155 Å². The van der Waals surface area contributed by atoms with Crippen molar-refractivity contribution < 1.29 is 9.90 Å². The van der Waals surface area contributed by atoms with Crippen LogP contribution in [-0.4, -0.2) is 16.9 Å². The molecule has 0 saturated heterocycles. The van der Waals surface area contributed by atoms with Gasteiger partial charge in [-0.1, -0.05) is 41.9 Å². The summed E-state index contributed by atoms with van der Waals surface area (Å²) >= 11 is 5.94. The van der Waals surface area contributed by atoms with E-state index in [1.807, 2.05) is 30.3 Å². The number of azo groups is 1. The second-order valence-electron chi connectivity index (χ2n) is 5.30. The van der Waals surface area contributed by atoms with Gasteiger partial charge < -0.3 is 5.11 Å². The van der Waals surface area contributed by atoms with Gasteiger partial charge in [0.05, 0.1) is 16.9 Å². The maximum atomic E-state index is 11.4. The molecular formula is C20H14ClN3O2. The van der Waals surface area contributed by atoms with Crippen molar-refractivity contribution in [3.63, 3.8) is 0 Å². The highest BCUT2D eigenvalue weighted by molar-refractivity contribution is 6.30. The fourth-order valence-electron chi connectivity index (χ4n) is 2.21. The molecule has 3 aromatic rings. The van der Waals surface area contributed by atoms with Crippen LogP contribution in [-0.2, 0) is 0 Å². The number of para-hydroxylation sites is 1. The van der Waals surface area contributed by atoms with Crippen LogP contribution in [0.5, 0.6) is 0 Å². The number of hydrogen-bond acceptors (Lipinski definition) is 3. The topological polar surface area (TPSA) is 74.4 Å². The lowest BCUT2D eigenvalue weighted by atomic mass is 10.1. The Morgan fingerprint density at radius 3 is 2.19 bits per heavy atom. The van der Waals surface area contributed by atoms with E-state index in [1.54, 1.807) is 42.5 Å². The lowest BCUT2D eigenvalue weighted by Crippen LogP contribution is -1.99. The zero-order valence-corrected chi connectivity index (χ0v) is 14.3. The van der Waals surface area contributed by atoms with Gasteiger partial charge in [0.15, 0.2) is 5.84 Å². The summed E-state index contributed by atoms with van der Waals surface area (Å²) in [4.78, 5) is 15.9. The van der Waals surface area contributed by atoms with E-state index in [4.69, 9.17) is 11.6 Å². The zero-order chi connectivity index (χ0) is 18.4. The Kier molecular flexibility index (Phi) is 5.51. The van der Waals surface area contributed by atoms with Crippen LogP contribution in [0.15, 0.2) is 94.1 Å². The molecule has 0 heterocycles. The first-order valence-corrected chi connectivity index (χ1v) is 8.15. The Morgan fingerprint density at radius 1 is 0.846 bits per heavy atom. The molecule has 0 radical (unpaired) electrons. The standard InChI is InChI=1S/C20H14ClN3O2/c21-15-12-10-14(11-13-15)19(24-23-16-6-2-1-3-7-16)22-18-9-5-4-8-17(18)20(25)26/h1-13H,(H,25,26). The van der Waals surface area contributed by atoms with Crippen LogP contribution in [0.25, 0.3) is 0 Å². The summed E-state index contributed by atoms with van der Waals surface area (Å²) in [5.41, 5.74) is 1.74. The molecule has 0 amide bonds. The number of aromatic carboxylic acids is 1. The number of carboxylic acids is 1. The highest BCUT2D eigenvalue weighted by Crippen LogP contribution is 2.22. The van der Waals surface area contributed by atoms with Crippen molar-refractivity contribution >= 4 is 34.8 Å². The van der Waals surface area contributed by atoms with Crippen molar-refractivity contribution in [1.29, 1.82) is 0 Å². The fourth-order valence-corrected chi connectivity index (χ4v) is 2.34. The van der Waals surface area contributed by atoms with Crippen molar-refractivity contribution in [1.82, 2.24) is 0 Å². The minimum atomic E-state index is -1.06. The van der Waals surface area contributed by atoms with Gasteiger partial charge in [-0.3, -0.25) is 0 Å². The number of amidine groups is 1. The van der Waals surface area contributed by atoms with E-state index in [2.05, 4.69) is 15.2 Å². The SMILES string of the molecule is O=C(O)c1ccccc1N=C(N=Nc1ccccc1)c1ccc(Cl)cc1. The molecule has 0 aliphatic carbocycles. The molecule has 3 rings (SSSR count). The molecule has 0 saturated carbocycles. The number of rotatable bonds is 4. The molecule has 5 nitrogen and oxygen atoms in total. The Morgan fingerprint density at radius 2 is 1.50 bits per heavy atom. The normalized spacial score (nSPS) is 11.7. The number of halogens is 1. The first kappa shape index (κ1) is 17.5. The van der Waals surface area contributed by atoms with Crippen LogP contribution in [0.4, 0.5) is 11.4 Å². The van der Waals surface area contributed by atoms with Crippen molar-refractivity contribution in [2.24, 2.45) is 15.2 Å². The monoisotopic (exact) mass is 363 g/mol. The third-order valence-electron chi connectivity index (χ3n) is 3.48. The summed E-state index contributed by atoms with van der Waals surface area (Å²) in [6, 6.07) is 22.7. The van der Waals surface area contributed by atoms with Crippen LogP contribution in [0.1, 0.15) is 15.9 Å². The maximum absolute atomic E-state index is 11.4. The zero-order valence-electron chi connectivity index (χ0n) is 13.6. The Balaban J connectivity index is 2.07. The molecule has 0 unspecified atom stereocenters. The first-order valence-electron chi connectivity index (χ1n) is 7.77. The minimum Gasteiger partial charge on any atom is -0.478 e. The summed E-state index contributed by atoms with van der Waals surface area (Å²) in [6.07, 6.45) is 0. The molecule has 128 valence electrons. The molecule has 3 aromatic carbocycles. The summed E-state index contributed by atoms with van der Waals surface area (Å²) in [7, 11) is 0. The maximum Gasteiger partial charge on any atom is 0.337 e. The third kappa shape index (κ3) is 4.40. The van der Waals surface area contributed by atoms with Gasteiger partial charge in [0.1, 0.15) is 0 Å².